The van der Waals surface area contributed by atoms with Gasteiger partial charge in [0.15, 0.2) is 0 Å². The van der Waals surface area contributed by atoms with Crippen LogP contribution in [0, 0.1) is 15.5 Å². The largest absolute Gasteiger partial charge is 0.396 e. The fourth-order valence-corrected chi connectivity index (χ4v) is 2.82. The molecule has 0 amide bonds. The number of aliphatic hydroxyl groups is 1. The van der Waals surface area contributed by atoms with Crippen LogP contribution >= 0.6 is 11.6 Å². The summed E-state index contributed by atoms with van der Waals surface area (Å²) in [5.74, 6) is 0. The van der Waals surface area contributed by atoms with Crippen LogP contribution in [-0.4, -0.2) is 22.7 Å². The Labute approximate surface area is 116 Å². The molecule has 2 atom stereocenters. The summed E-state index contributed by atoms with van der Waals surface area (Å²) in [4.78, 5) is 10.2. The highest BCUT2D eigenvalue weighted by atomic mass is 35.5. The first-order valence-electron chi connectivity index (χ1n) is 6.27. The molecular formula is C13H17ClN2O3. The third-order valence-corrected chi connectivity index (χ3v) is 4.25. The molecule has 0 bridgehead atoms. The Bertz CT molecular complexity index is 495. The average Bonchev–Trinajstić information content (AvgIpc) is 2.74. The van der Waals surface area contributed by atoms with Crippen LogP contribution in [0.15, 0.2) is 18.2 Å². The molecule has 1 aliphatic carbocycles. The van der Waals surface area contributed by atoms with Crippen LogP contribution in [0.4, 0.5) is 11.4 Å². The van der Waals surface area contributed by atoms with Gasteiger partial charge in [0.1, 0.15) is 0 Å². The van der Waals surface area contributed by atoms with Crippen molar-refractivity contribution in [3.05, 3.63) is 33.3 Å². The molecule has 2 rings (SSSR count). The second-order valence-corrected chi connectivity index (χ2v) is 5.73. The van der Waals surface area contributed by atoms with Gasteiger partial charge in [-0.15, -0.1) is 0 Å². The summed E-state index contributed by atoms with van der Waals surface area (Å²) in [6.45, 7) is 2.16. The summed E-state index contributed by atoms with van der Waals surface area (Å²) in [6, 6.07) is 4.53. The maximum atomic E-state index is 10.7. The molecule has 1 aromatic rings. The molecule has 0 heterocycles. The van der Waals surface area contributed by atoms with Crippen molar-refractivity contribution in [1.29, 1.82) is 0 Å². The molecule has 0 saturated heterocycles. The number of nitro groups is 1. The van der Waals surface area contributed by atoms with Crippen LogP contribution in [-0.2, 0) is 0 Å². The molecule has 0 unspecified atom stereocenters. The smallest absolute Gasteiger partial charge is 0.271 e. The first kappa shape index (κ1) is 14.1. The fraction of sp³-hybridized carbons (Fsp3) is 0.538. The van der Waals surface area contributed by atoms with Crippen molar-refractivity contribution in [2.75, 3.05) is 11.9 Å². The van der Waals surface area contributed by atoms with Crippen molar-refractivity contribution in [1.82, 2.24) is 0 Å². The minimum absolute atomic E-state index is 0.0214. The van der Waals surface area contributed by atoms with E-state index in [9.17, 15) is 15.2 Å². The van der Waals surface area contributed by atoms with Gasteiger partial charge in [-0.05, 0) is 18.9 Å². The van der Waals surface area contributed by atoms with Crippen LogP contribution in [0.1, 0.15) is 26.2 Å². The molecule has 1 saturated carbocycles. The van der Waals surface area contributed by atoms with E-state index in [4.69, 9.17) is 11.6 Å². The SMILES string of the molecule is C[C@]1(CO)CCC[C@@H]1Nc1ccc([N+](=O)[O-])cc1Cl. The Balaban J connectivity index is 2.18. The molecule has 1 fully saturated rings. The van der Waals surface area contributed by atoms with Gasteiger partial charge in [-0.1, -0.05) is 24.9 Å². The molecule has 0 aromatic heterocycles. The molecule has 19 heavy (non-hydrogen) atoms. The lowest BCUT2D eigenvalue weighted by atomic mass is 9.85. The van der Waals surface area contributed by atoms with Gasteiger partial charge < -0.3 is 10.4 Å². The summed E-state index contributed by atoms with van der Waals surface area (Å²) in [6.07, 6.45) is 2.98. The Hall–Kier alpha value is -1.33. The molecule has 0 radical (unpaired) electrons. The zero-order valence-electron chi connectivity index (χ0n) is 10.7. The summed E-state index contributed by atoms with van der Waals surface area (Å²) in [5.41, 5.74) is 0.496. The summed E-state index contributed by atoms with van der Waals surface area (Å²) in [7, 11) is 0. The number of hydrogen-bond donors (Lipinski definition) is 2. The van der Waals surface area contributed by atoms with Gasteiger partial charge in [0.25, 0.3) is 5.69 Å². The predicted octanol–water partition coefficient (Wildman–Crippen LogP) is 3.21. The Morgan fingerprint density at radius 1 is 1.63 bits per heavy atom. The number of benzene rings is 1. The minimum atomic E-state index is -0.469. The maximum Gasteiger partial charge on any atom is 0.271 e. The average molecular weight is 285 g/mol. The second-order valence-electron chi connectivity index (χ2n) is 5.32. The molecule has 0 spiro atoms. The number of non-ortho nitro benzene ring substituents is 1. The Morgan fingerprint density at radius 2 is 2.37 bits per heavy atom. The molecule has 5 nitrogen and oxygen atoms in total. The van der Waals surface area contributed by atoms with Crippen molar-refractivity contribution in [2.24, 2.45) is 5.41 Å². The molecule has 104 valence electrons. The van der Waals surface area contributed by atoms with E-state index in [1.807, 2.05) is 6.92 Å². The Kier molecular flexibility index (Phi) is 3.96. The Morgan fingerprint density at radius 3 is 2.95 bits per heavy atom. The van der Waals surface area contributed by atoms with Crippen molar-refractivity contribution < 1.29 is 10.0 Å². The van der Waals surface area contributed by atoms with Crippen LogP contribution in [0.5, 0.6) is 0 Å². The van der Waals surface area contributed by atoms with E-state index in [-0.39, 0.29) is 23.8 Å². The zero-order valence-corrected chi connectivity index (χ0v) is 11.5. The van der Waals surface area contributed by atoms with Crippen molar-refractivity contribution in [3.63, 3.8) is 0 Å². The number of nitrogens with one attached hydrogen (secondary N) is 1. The van der Waals surface area contributed by atoms with Gasteiger partial charge in [0.2, 0.25) is 0 Å². The molecule has 1 aliphatic rings. The van der Waals surface area contributed by atoms with Gasteiger partial charge in [0, 0.05) is 23.6 Å². The first-order valence-corrected chi connectivity index (χ1v) is 6.65. The topological polar surface area (TPSA) is 75.4 Å². The standard InChI is InChI=1S/C13H17ClN2O3/c1-13(8-17)6-2-3-12(13)15-11-5-4-9(16(18)19)7-10(11)14/h4-5,7,12,15,17H,2-3,6,8H2,1H3/t12-,13+/m0/s1. The van der Waals surface area contributed by atoms with Crippen LogP contribution in [0.3, 0.4) is 0 Å². The summed E-state index contributed by atoms with van der Waals surface area (Å²) >= 11 is 6.06. The van der Waals surface area contributed by atoms with Crippen molar-refractivity contribution in [2.45, 2.75) is 32.2 Å². The van der Waals surface area contributed by atoms with E-state index in [0.29, 0.717) is 10.7 Å². The van der Waals surface area contributed by atoms with Gasteiger partial charge in [-0.3, -0.25) is 10.1 Å². The number of nitro benzene ring substituents is 1. The third kappa shape index (κ3) is 2.82. The van der Waals surface area contributed by atoms with Gasteiger partial charge in [-0.25, -0.2) is 0 Å². The van der Waals surface area contributed by atoms with Gasteiger partial charge in [-0.2, -0.15) is 0 Å². The number of halogens is 1. The lowest BCUT2D eigenvalue weighted by Crippen LogP contribution is -2.36. The molecule has 6 heteroatoms. The number of anilines is 1. The minimum Gasteiger partial charge on any atom is -0.396 e. The van der Waals surface area contributed by atoms with E-state index in [1.54, 1.807) is 6.07 Å². The lowest BCUT2D eigenvalue weighted by Gasteiger charge is -2.31. The van der Waals surface area contributed by atoms with E-state index >= 15 is 0 Å². The highest BCUT2D eigenvalue weighted by Gasteiger charge is 2.38. The predicted molar refractivity (Wildman–Crippen MR) is 74.6 cm³/mol. The third-order valence-electron chi connectivity index (χ3n) is 3.94. The summed E-state index contributed by atoms with van der Waals surface area (Å²) in [5, 5.41) is 23.8. The van der Waals surface area contributed by atoms with Crippen molar-refractivity contribution >= 4 is 23.0 Å². The zero-order chi connectivity index (χ0) is 14.0. The number of rotatable bonds is 4. The summed E-state index contributed by atoms with van der Waals surface area (Å²) < 4.78 is 0. The van der Waals surface area contributed by atoms with E-state index in [2.05, 4.69) is 5.32 Å². The van der Waals surface area contributed by atoms with Crippen molar-refractivity contribution in [3.8, 4) is 0 Å². The van der Waals surface area contributed by atoms with Crippen LogP contribution in [0.25, 0.3) is 0 Å². The molecule has 2 N–H and O–H groups in total. The van der Waals surface area contributed by atoms with E-state index in [1.165, 1.54) is 12.1 Å². The molecular weight excluding hydrogens is 268 g/mol. The molecule has 0 aliphatic heterocycles. The monoisotopic (exact) mass is 284 g/mol. The number of nitrogens with zero attached hydrogens (tertiary/aromatic N) is 1. The van der Waals surface area contributed by atoms with Gasteiger partial charge >= 0.3 is 0 Å². The number of hydrogen-bond acceptors (Lipinski definition) is 4. The second kappa shape index (κ2) is 5.35. The van der Waals surface area contributed by atoms with Crippen LogP contribution < -0.4 is 5.32 Å². The first-order chi connectivity index (χ1) is 8.96. The normalized spacial score (nSPS) is 26.4. The maximum absolute atomic E-state index is 10.7. The fourth-order valence-electron chi connectivity index (χ4n) is 2.59. The number of aliphatic hydroxyl groups excluding tert-OH is 1. The molecule has 1 aromatic carbocycles. The lowest BCUT2D eigenvalue weighted by molar-refractivity contribution is -0.384. The highest BCUT2D eigenvalue weighted by Crippen LogP contribution is 2.40. The van der Waals surface area contributed by atoms with Gasteiger partial charge in [0.05, 0.1) is 22.2 Å². The van der Waals surface area contributed by atoms with E-state index < -0.39 is 4.92 Å². The van der Waals surface area contributed by atoms with E-state index in [0.717, 1.165) is 19.3 Å². The highest BCUT2D eigenvalue weighted by molar-refractivity contribution is 6.33. The quantitative estimate of drug-likeness (QED) is 0.657. The van der Waals surface area contributed by atoms with Crippen LogP contribution in [0.2, 0.25) is 5.02 Å².